The lowest BCUT2D eigenvalue weighted by Gasteiger charge is -2.11. The van der Waals surface area contributed by atoms with E-state index in [0.717, 1.165) is 17.0 Å². The SMILES string of the molecule is Cc1ccc(-c2cc(C(F)(F)F)nc(-c3cccc(-c4ccc(F)c(C(=O)O)c4)c3)n2)s1. The number of alkyl halides is 3. The smallest absolute Gasteiger partial charge is 0.433 e. The molecule has 0 aliphatic rings. The number of hydrogen-bond donors (Lipinski definition) is 1. The van der Waals surface area contributed by atoms with Gasteiger partial charge in [-0.05, 0) is 54.4 Å². The Bertz CT molecular complexity index is 1330. The molecular weight excluding hydrogens is 444 g/mol. The largest absolute Gasteiger partial charge is 0.478 e. The molecule has 9 heteroatoms. The van der Waals surface area contributed by atoms with Gasteiger partial charge >= 0.3 is 12.1 Å². The van der Waals surface area contributed by atoms with Crippen LogP contribution in [0.1, 0.15) is 20.9 Å². The molecule has 2 heterocycles. The normalized spacial score (nSPS) is 11.5. The second-order valence-corrected chi connectivity index (χ2v) is 8.24. The second-order valence-electron chi connectivity index (χ2n) is 6.95. The zero-order valence-electron chi connectivity index (χ0n) is 16.4. The fourth-order valence-corrected chi connectivity index (χ4v) is 3.95. The van der Waals surface area contributed by atoms with E-state index >= 15 is 0 Å². The van der Waals surface area contributed by atoms with Crippen molar-refractivity contribution in [1.82, 2.24) is 9.97 Å². The molecule has 1 N–H and O–H groups in total. The van der Waals surface area contributed by atoms with Crippen LogP contribution in [0.3, 0.4) is 0 Å². The molecule has 0 saturated carbocycles. The van der Waals surface area contributed by atoms with Gasteiger partial charge in [0.25, 0.3) is 0 Å². The lowest BCUT2D eigenvalue weighted by atomic mass is 10.0. The van der Waals surface area contributed by atoms with Gasteiger partial charge in [-0.3, -0.25) is 0 Å². The van der Waals surface area contributed by atoms with Gasteiger partial charge in [0, 0.05) is 10.4 Å². The fraction of sp³-hybridized carbons (Fsp3) is 0.0870. The number of rotatable bonds is 4. The highest BCUT2D eigenvalue weighted by Crippen LogP contribution is 2.35. The molecule has 0 unspecified atom stereocenters. The first kappa shape index (κ1) is 21.6. The van der Waals surface area contributed by atoms with Gasteiger partial charge in [-0.2, -0.15) is 13.2 Å². The van der Waals surface area contributed by atoms with Gasteiger partial charge in [0.15, 0.2) is 5.82 Å². The number of halogens is 4. The van der Waals surface area contributed by atoms with Crippen molar-refractivity contribution >= 4 is 17.3 Å². The van der Waals surface area contributed by atoms with Crippen LogP contribution < -0.4 is 0 Å². The van der Waals surface area contributed by atoms with E-state index in [9.17, 15) is 22.4 Å². The third-order valence-corrected chi connectivity index (χ3v) is 5.68. The molecule has 0 spiro atoms. The van der Waals surface area contributed by atoms with Crippen LogP contribution in [-0.4, -0.2) is 21.0 Å². The summed E-state index contributed by atoms with van der Waals surface area (Å²) in [7, 11) is 0. The molecule has 4 aromatic rings. The van der Waals surface area contributed by atoms with E-state index < -0.39 is 29.2 Å². The topological polar surface area (TPSA) is 63.1 Å². The Morgan fingerprint density at radius 1 is 0.938 bits per heavy atom. The van der Waals surface area contributed by atoms with Crippen LogP contribution in [0.2, 0.25) is 0 Å². The van der Waals surface area contributed by atoms with E-state index in [4.69, 9.17) is 5.11 Å². The van der Waals surface area contributed by atoms with Gasteiger partial charge in [-0.1, -0.05) is 24.3 Å². The van der Waals surface area contributed by atoms with Crippen molar-refractivity contribution < 1.29 is 27.5 Å². The maximum Gasteiger partial charge on any atom is 0.433 e. The summed E-state index contributed by atoms with van der Waals surface area (Å²) in [6.45, 7) is 1.85. The van der Waals surface area contributed by atoms with Crippen molar-refractivity contribution in [3.05, 3.63) is 82.6 Å². The van der Waals surface area contributed by atoms with E-state index in [1.54, 1.807) is 30.3 Å². The van der Waals surface area contributed by atoms with Crippen LogP contribution in [-0.2, 0) is 6.18 Å². The minimum atomic E-state index is -4.66. The Hall–Kier alpha value is -3.59. The number of aromatic carboxylic acids is 1. The Morgan fingerprint density at radius 2 is 1.66 bits per heavy atom. The molecule has 4 nitrogen and oxygen atoms in total. The third-order valence-electron chi connectivity index (χ3n) is 4.66. The molecule has 0 atom stereocenters. The number of carboxylic acid groups (broad SMARTS) is 1. The Kier molecular flexibility index (Phi) is 5.52. The minimum absolute atomic E-state index is 0.122. The highest BCUT2D eigenvalue weighted by Gasteiger charge is 2.34. The number of thiophene rings is 1. The molecule has 0 amide bonds. The maximum atomic E-state index is 13.7. The van der Waals surface area contributed by atoms with Crippen LogP contribution in [0, 0.1) is 12.7 Å². The number of hydrogen-bond acceptors (Lipinski definition) is 4. The van der Waals surface area contributed by atoms with Gasteiger partial charge in [-0.15, -0.1) is 11.3 Å². The molecule has 0 bridgehead atoms. The number of aryl methyl sites for hydroxylation is 1. The van der Waals surface area contributed by atoms with Crippen LogP contribution in [0.5, 0.6) is 0 Å². The molecule has 0 aliphatic carbocycles. The highest BCUT2D eigenvalue weighted by atomic mass is 32.1. The second kappa shape index (κ2) is 8.16. The lowest BCUT2D eigenvalue weighted by Crippen LogP contribution is -2.10. The van der Waals surface area contributed by atoms with Gasteiger partial charge in [0.1, 0.15) is 11.5 Å². The Morgan fingerprint density at radius 3 is 2.31 bits per heavy atom. The fourth-order valence-electron chi connectivity index (χ4n) is 3.13. The molecule has 0 saturated heterocycles. The standard InChI is InChI=1S/C23H14F4N2O2S/c1-12-5-8-19(32-12)18-11-20(23(25,26)27)29-21(28-18)15-4-2-3-13(9-15)14-6-7-17(24)16(10-14)22(30)31/h2-11H,1H3,(H,30,31). The third kappa shape index (κ3) is 4.38. The van der Waals surface area contributed by atoms with Gasteiger partial charge < -0.3 is 5.11 Å². The molecule has 2 aromatic carbocycles. The summed E-state index contributed by atoms with van der Waals surface area (Å²) in [5.74, 6) is -2.42. The predicted molar refractivity (Wildman–Crippen MR) is 113 cm³/mol. The van der Waals surface area contributed by atoms with Gasteiger partial charge in [-0.25, -0.2) is 19.2 Å². The molecule has 0 aliphatic heterocycles. The minimum Gasteiger partial charge on any atom is -0.478 e. The summed E-state index contributed by atoms with van der Waals surface area (Å²) < 4.78 is 54.3. The van der Waals surface area contributed by atoms with E-state index in [1.807, 2.05) is 6.92 Å². The van der Waals surface area contributed by atoms with E-state index in [-0.39, 0.29) is 11.5 Å². The summed E-state index contributed by atoms with van der Waals surface area (Å²) in [6, 6.07) is 14.3. The van der Waals surface area contributed by atoms with Crippen LogP contribution in [0.4, 0.5) is 17.6 Å². The summed E-state index contributed by atoms with van der Waals surface area (Å²) >= 11 is 1.32. The summed E-state index contributed by atoms with van der Waals surface area (Å²) in [5.41, 5.74) is -0.223. The van der Waals surface area contributed by atoms with Crippen molar-refractivity contribution in [2.75, 3.05) is 0 Å². The van der Waals surface area contributed by atoms with Crippen molar-refractivity contribution in [3.8, 4) is 33.1 Å². The molecule has 162 valence electrons. The van der Waals surface area contributed by atoms with Gasteiger partial charge in [0.05, 0.1) is 16.1 Å². The van der Waals surface area contributed by atoms with E-state index in [1.165, 1.54) is 29.5 Å². The number of carbonyl (C=O) groups is 1. The average molecular weight is 458 g/mol. The van der Waals surface area contributed by atoms with Crippen LogP contribution in [0.15, 0.2) is 60.7 Å². The Labute approximate surface area is 183 Å². The molecule has 0 radical (unpaired) electrons. The molecule has 0 fully saturated rings. The zero-order chi connectivity index (χ0) is 23.0. The molecule has 2 aromatic heterocycles. The van der Waals surface area contributed by atoms with Gasteiger partial charge in [0.2, 0.25) is 0 Å². The number of nitrogens with zero attached hydrogens (tertiary/aromatic N) is 2. The van der Waals surface area contributed by atoms with Crippen molar-refractivity contribution in [2.45, 2.75) is 13.1 Å². The summed E-state index contributed by atoms with van der Waals surface area (Å²) in [4.78, 5) is 20.8. The zero-order valence-corrected chi connectivity index (χ0v) is 17.3. The van der Waals surface area contributed by atoms with Crippen molar-refractivity contribution in [1.29, 1.82) is 0 Å². The first-order valence-electron chi connectivity index (χ1n) is 9.28. The molecule has 32 heavy (non-hydrogen) atoms. The summed E-state index contributed by atoms with van der Waals surface area (Å²) in [6.07, 6.45) is -4.66. The van der Waals surface area contributed by atoms with Crippen molar-refractivity contribution in [3.63, 3.8) is 0 Å². The first-order chi connectivity index (χ1) is 15.1. The lowest BCUT2D eigenvalue weighted by molar-refractivity contribution is -0.141. The molecular formula is C23H14F4N2O2S. The quantitative estimate of drug-likeness (QED) is 0.346. The first-order valence-corrected chi connectivity index (χ1v) is 10.1. The van der Waals surface area contributed by atoms with Crippen molar-refractivity contribution in [2.24, 2.45) is 0 Å². The Balaban J connectivity index is 1.84. The number of carboxylic acids is 1. The van der Waals surface area contributed by atoms with E-state index in [2.05, 4.69) is 9.97 Å². The highest BCUT2D eigenvalue weighted by molar-refractivity contribution is 7.15. The monoisotopic (exact) mass is 458 g/mol. The molecule has 4 rings (SSSR count). The number of aromatic nitrogens is 2. The average Bonchev–Trinajstić information content (AvgIpc) is 3.19. The van der Waals surface area contributed by atoms with E-state index in [0.29, 0.717) is 21.6 Å². The maximum absolute atomic E-state index is 13.7. The van der Waals surface area contributed by atoms with Crippen LogP contribution >= 0.6 is 11.3 Å². The number of benzene rings is 2. The predicted octanol–water partition coefficient (Wildman–Crippen LogP) is 6.70. The summed E-state index contributed by atoms with van der Waals surface area (Å²) in [5, 5.41) is 9.15. The van der Waals surface area contributed by atoms with Crippen LogP contribution in [0.25, 0.3) is 33.1 Å².